The molecule has 0 aliphatic carbocycles. The van der Waals surface area contributed by atoms with E-state index in [0.717, 1.165) is 0 Å². The first-order valence-corrected chi connectivity index (χ1v) is 18.6. The highest BCUT2D eigenvalue weighted by molar-refractivity contribution is 5.99. The third-order valence-electron chi connectivity index (χ3n) is 10.9. The Balaban J connectivity index is 1.51. The zero-order chi connectivity index (χ0) is 38.1. The van der Waals surface area contributed by atoms with Crippen LogP contribution in [0.4, 0.5) is 0 Å². The van der Waals surface area contributed by atoms with Gasteiger partial charge in [0.2, 0.25) is 17.7 Å². The number of nitrogens with zero attached hydrogens (tertiary/aromatic N) is 2. The Labute approximate surface area is 312 Å². The molecule has 3 amide bonds. The molecule has 2 saturated heterocycles. The fourth-order valence-corrected chi connectivity index (χ4v) is 9.10. The quantitative estimate of drug-likeness (QED) is 0.296. The molecule has 53 heavy (non-hydrogen) atoms. The molecule has 0 saturated carbocycles. The van der Waals surface area contributed by atoms with Crippen molar-refractivity contribution in [2.24, 2.45) is 17.3 Å². The molecule has 4 heterocycles. The van der Waals surface area contributed by atoms with Crippen molar-refractivity contribution < 1.29 is 38.5 Å². The number of nitrogens with one attached hydrogen (secondary N) is 1. The summed E-state index contributed by atoms with van der Waals surface area (Å²) in [6, 6.07) is 15.4. The second-order valence-electron chi connectivity index (χ2n) is 16.5. The first kappa shape index (κ1) is 38.4. The van der Waals surface area contributed by atoms with Gasteiger partial charge >= 0.3 is 5.97 Å². The monoisotopic (exact) mass is 727 g/mol. The van der Waals surface area contributed by atoms with E-state index < -0.39 is 71.8 Å². The molecule has 0 radical (unpaired) electrons. The normalized spacial score (nSPS) is 30.6. The molecule has 11 heteroatoms. The van der Waals surface area contributed by atoms with Crippen LogP contribution in [-0.2, 0) is 33.4 Å². The Morgan fingerprint density at radius 3 is 2.28 bits per heavy atom. The average molecular weight is 728 g/mol. The Bertz CT molecular complexity index is 1720. The van der Waals surface area contributed by atoms with Crippen molar-refractivity contribution in [2.45, 2.75) is 95.4 Å². The van der Waals surface area contributed by atoms with Crippen LogP contribution in [0.2, 0.25) is 0 Å². The number of carbonyl (C=O) groups excluding carboxylic acids is 4. The Morgan fingerprint density at radius 1 is 0.962 bits per heavy atom. The summed E-state index contributed by atoms with van der Waals surface area (Å²) in [5, 5.41) is 14.0. The van der Waals surface area contributed by atoms with Crippen molar-refractivity contribution in [3.63, 3.8) is 0 Å². The van der Waals surface area contributed by atoms with Gasteiger partial charge in [-0.25, -0.2) is 0 Å². The fraction of sp³-hybridized carbons (Fsp3) is 0.524. The smallest absolute Gasteiger partial charge is 0.313 e. The highest BCUT2D eigenvalue weighted by Gasteiger charge is 2.74. The lowest BCUT2D eigenvalue weighted by Gasteiger charge is -2.46. The maximum absolute atomic E-state index is 15.5. The van der Waals surface area contributed by atoms with Gasteiger partial charge < -0.3 is 34.4 Å². The van der Waals surface area contributed by atoms with Crippen LogP contribution in [0.3, 0.4) is 0 Å². The number of carbonyl (C=O) groups is 4. The van der Waals surface area contributed by atoms with Gasteiger partial charge in [-0.15, -0.1) is 0 Å². The fourth-order valence-electron chi connectivity index (χ4n) is 9.10. The number of aliphatic hydroxyl groups excluding tert-OH is 1. The average Bonchev–Trinajstić information content (AvgIpc) is 3.75. The van der Waals surface area contributed by atoms with Crippen molar-refractivity contribution in [1.29, 1.82) is 0 Å². The maximum atomic E-state index is 15.5. The van der Waals surface area contributed by atoms with Crippen LogP contribution in [0, 0.1) is 17.3 Å². The second kappa shape index (κ2) is 15.2. The van der Waals surface area contributed by atoms with Crippen LogP contribution in [0.15, 0.2) is 85.0 Å². The van der Waals surface area contributed by atoms with E-state index in [9.17, 15) is 14.7 Å². The van der Waals surface area contributed by atoms with Gasteiger partial charge in [0.15, 0.2) is 0 Å². The topological polar surface area (TPSA) is 135 Å². The molecular formula is C42H53N3O8. The number of likely N-dealkylation sites (tertiary alicyclic amines) is 1. The van der Waals surface area contributed by atoms with Crippen LogP contribution < -0.4 is 5.32 Å². The summed E-state index contributed by atoms with van der Waals surface area (Å²) in [5.74, 6) is -3.96. The third-order valence-corrected chi connectivity index (χ3v) is 10.9. The predicted molar refractivity (Wildman–Crippen MR) is 198 cm³/mol. The lowest BCUT2D eigenvalue weighted by Crippen LogP contribution is -2.61. The minimum absolute atomic E-state index is 0.0582. The number of hydrogen-bond acceptors (Lipinski definition) is 8. The van der Waals surface area contributed by atoms with Gasteiger partial charge in [-0.3, -0.25) is 19.2 Å². The Hall–Kier alpha value is -4.32. The molecule has 6 rings (SSSR count). The summed E-state index contributed by atoms with van der Waals surface area (Å²) >= 11 is 0. The molecule has 0 unspecified atom stereocenters. The van der Waals surface area contributed by atoms with Gasteiger partial charge in [0.05, 0.1) is 37.3 Å². The number of amides is 3. The molecule has 0 aromatic heterocycles. The summed E-state index contributed by atoms with van der Waals surface area (Å²) < 4.78 is 18.6. The van der Waals surface area contributed by atoms with Gasteiger partial charge in [-0.1, -0.05) is 106 Å². The third kappa shape index (κ3) is 7.43. The van der Waals surface area contributed by atoms with Crippen molar-refractivity contribution in [2.75, 3.05) is 26.9 Å². The van der Waals surface area contributed by atoms with E-state index in [-0.39, 0.29) is 36.8 Å². The zero-order valence-corrected chi connectivity index (χ0v) is 31.6. The summed E-state index contributed by atoms with van der Waals surface area (Å²) in [4.78, 5) is 61.7. The van der Waals surface area contributed by atoms with Crippen LogP contribution in [0.5, 0.6) is 0 Å². The number of aliphatic hydroxyl groups is 1. The summed E-state index contributed by atoms with van der Waals surface area (Å²) in [5.41, 5.74) is -1.06. The number of benzene rings is 2. The van der Waals surface area contributed by atoms with E-state index in [1.54, 1.807) is 17.1 Å². The summed E-state index contributed by atoms with van der Waals surface area (Å²) in [6.07, 6.45) is 6.72. The number of cyclic esters (lactones) is 1. The van der Waals surface area contributed by atoms with Crippen LogP contribution in [0.25, 0.3) is 0 Å². The van der Waals surface area contributed by atoms with Crippen LogP contribution in [0.1, 0.15) is 77.2 Å². The Kier molecular flexibility index (Phi) is 11.0. The predicted octanol–water partition coefficient (Wildman–Crippen LogP) is 4.68. The molecule has 8 atom stereocenters. The van der Waals surface area contributed by atoms with E-state index in [0.29, 0.717) is 24.0 Å². The second-order valence-corrected chi connectivity index (χ2v) is 16.5. The number of esters is 1. The van der Waals surface area contributed by atoms with Crippen LogP contribution in [-0.4, -0.2) is 94.8 Å². The standard InChI is InChI=1S/C42H53N3O8/c1-40(2,3)26-41(4,5)44-23-15-9-14-20-32(47)43-29(25-51-6)35(28-18-12-8-13-19-28)52-39(50)33-31-21-22-42(53-31)34(33)37(48)45(36(42)38(44)49)30(24-46)27-16-10-7-11-17-27/h7-13,15-19,21-22,29-31,33-36,46H,14,20,23-26H2,1-6H3,(H,43,47)/b15-9-/t29-,30+,31+,33-,34-,35-,36+,42-/m0/s1. The number of allylic oxidation sites excluding steroid dienone is 1. The molecule has 5 bridgehead atoms. The molecule has 11 nitrogen and oxygen atoms in total. The van der Waals surface area contributed by atoms with Gasteiger partial charge in [0.25, 0.3) is 0 Å². The van der Waals surface area contributed by atoms with Gasteiger partial charge in [-0.2, -0.15) is 0 Å². The molecule has 2 fully saturated rings. The molecule has 4 aliphatic heterocycles. The number of rotatable bonds is 8. The highest BCUT2D eigenvalue weighted by Crippen LogP contribution is 2.57. The molecular weight excluding hydrogens is 674 g/mol. The number of fused-ring (bicyclic) bond motifs is 2. The van der Waals surface area contributed by atoms with Gasteiger partial charge in [0.1, 0.15) is 23.7 Å². The van der Waals surface area contributed by atoms with E-state index in [4.69, 9.17) is 14.2 Å². The molecule has 1 spiro atoms. The van der Waals surface area contributed by atoms with E-state index >= 15 is 9.59 Å². The largest absolute Gasteiger partial charge is 0.455 e. The molecule has 2 N–H and O–H groups in total. The summed E-state index contributed by atoms with van der Waals surface area (Å²) in [6.45, 7) is 10.2. The van der Waals surface area contributed by atoms with E-state index in [1.807, 2.05) is 86.7 Å². The van der Waals surface area contributed by atoms with E-state index in [1.165, 1.54) is 12.0 Å². The Morgan fingerprint density at radius 2 is 1.64 bits per heavy atom. The first-order chi connectivity index (χ1) is 25.2. The van der Waals surface area contributed by atoms with Gasteiger partial charge in [-0.05, 0) is 43.2 Å². The first-order valence-electron chi connectivity index (χ1n) is 18.6. The maximum Gasteiger partial charge on any atom is 0.313 e. The molecule has 284 valence electrons. The highest BCUT2D eigenvalue weighted by atomic mass is 16.6. The van der Waals surface area contributed by atoms with Crippen molar-refractivity contribution in [3.05, 3.63) is 96.1 Å². The SMILES string of the molecule is COC[C@@H]1NC(=O)CC/C=C\CN(C(C)(C)CC(C)(C)C)C(=O)[C@H]2N([C@H](CO)c3ccccc3)C(=O)[C@@H]3[C@@H](C(=O)O[C@H]1c1ccccc1)[C@H]1C=C[C@]32O1. The van der Waals surface area contributed by atoms with Crippen molar-refractivity contribution >= 4 is 23.7 Å². The van der Waals surface area contributed by atoms with E-state index in [2.05, 4.69) is 26.1 Å². The lowest BCUT2D eigenvalue weighted by atomic mass is 9.74. The van der Waals surface area contributed by atoms with Gasteiger partial charge in [0, 0.05) is 25.6 Å². The van der Waals surface area contributed by atoms with Crippen molar-refractivity contribution in [3.8, 4) is 0 Å². The number of hydrogen-bond donors (Lipinski definition) is 2. The molecule has 4 aliphatic rings. The number of ether oxygens (including phenoxy) is 3. The summed E-state index contributed by atoms with van der Waals surface area (Å²) in [7, 11) is 1.51. The minimum atomic E-state index is -1.50. The lowest BCUT2D eigenvalue weighted by molar-refractivity contribution is -0.163. The molecule has 2 aromatic carbocycles. The van der Waals surface area contributed by atoms with Crippen molar-refractivity contribution in [1.82, 2.24) is 15.1 Å². The number of methoxy groups -OCH3 is 1. The molecule has 2 aromatic rings. The van der Waals surface area contributed by atoms with Crippen LogP contribution >= 0.6 is 0 Å². The zero-order valence-electron chi connectivity index (χ0n) is 31.6. The minimum Gasteiger partial charge on any atom is -0.455 e.